The number of hydrogen-bond acceptors (Lipinski definition) is 3. The standard InChI is InChI=1S/C37H48N4/c1-6-9-22-37(4,5)27-34-33-26-31(20-21-35(33)41(8-3)36(34)32-19-15-23-38-28-32)30-18-14-17-29(25-30)16-12-10-11-13-24-40-39-7-2/h6-7,14-15,17-21,23,25-26,28,39-40H,1-2,8-13,16,22,24,27H2,3-5H3. The molecule has 4 aromatic rings. The van der Waals surface area contributed by atoms with E-state index in [9.17, 15) is 0 Å². The Morgan fingerprint density at radius 2 is 1.73 bits per heavy atom. The Bertz CT molecular complexity index is 1410. The van der Waals surface area contributed by atoms with Crippen LogP contribution in [-0.2, 0) is 19.4 Å². The number of aromatic nitrogens is 2. The number of rotatable bonds is 17. The first-order valence-corrected chi connectivity index (χ1v) is 15.3. The fraction of sp³-hybridized carbons (Fsp3) is 0.378. The molecule has 0 atom stereocenters. The van der Waals surface area contributed by atoms with Crippen LogP contribution < -0.4 is 10.9 Å². The van der Waals surface area contributed by atoms with Gasteiger partial charge in [0.15, 0.2) is 0 Å². The Hall–Kier alpha value is -3.63. The molecule has 41 heavy (non-hydrogen) atoms. The second kappa shape index (κ2) is 14.8. The van der Waals surface area contributed by atoms with Crippen LogP contribution in [0.25, 0.3) is 33.3 Å². The Kier molecular flexibility index (Phi) is 11.0. The molecule has 4 nitrogen and oxygen atoms in total. The molecule has 0 saturated heterocycles. The molecule has 2 aromatic heterocycles. The zero-order valence-corrected chi connectivity index (χ0v) is 25.4. The molecule has 2 heterocycles. The van der Waals surface area contributed by atoms with Gasteiger partial charge in [0.1, 0.15) is 0 Å². The summed E-state index contributed by atoms with van der Waals surface area (Å²) in [6.45, 7) is 16.6. The lowest BCUT2D eigenvalue weighted by Gasteiger charge is -2.25. The summed E-state index contributed by atoms with van der Waals surface area (Å²) in [6.07, 6.45) is 16.8. The molecule has 0 aliphatic heterocycles. The van der Waals surface area contributed by atoms with Crippen molar-refractivity contribution < 1.29 is 0 Å². The molecule has 4 heteroatoms. The highest BCUT2D eigenvalue weighted by Gasteiger charge is 2.25. The van der Waals surface area contributed by atoms with Crippen molar-refractivity contribution in [3.63, 3.8) is 0 Å². The molecule has 4 rings (SSSR count). The molecule has 0 radical (unpaired) electrons. The summed E-state index contributed by atoms with van der Waals surface area (Å²) < 4.78 is 2.48. The van der Waals surface area contributed by atoms with Gasteiger partial charge in [0, 0.05) is 48.1 Å². The predicted molar refractivity (Wildman–Crippen MR) is 177 cm³/mol. The van der Waals surface area contributed by atoms with E-state index in [2.05, 4.69) is 103 Å². The maximum Gasteiger partial charge on any atom is 0.0539 e. The second-order valence-electron chi connectivity index (χ2n) is 11.9. The van der Waals surface area contributed by atoms with E-state index < -0.39 is 0 Å². The number of benzene rings is 2. The van der Waals surface area contributed by atoms with Crippen molar-refractivity contribution in [2.75, 3.05) is 6.54 Å². The van der Waals surface area contributed by atoms with Crippen LogP contribution in [-0.4, -0.2) is 16.1 Å². The summed E-state index contributed by atoms with van der Waals surface area (Å²) in [5.74, 6) is 0. The van der Waals surface area contributed by atoms with Crippen molar-refractivity contribution in [1.29, 1.82) is 0 Å². The Morgan fingerprint density at radius 3 is 2.49 bits per heavy atom. The van der Waals surface area contributed by atoms with E-state index in [0.717, 1.165) is 38.8 Å². The monoisotopic (exact) mass is 548 g/mol. The van der Waals surface area contributed by atoms with Gasteiger partial charge in [-0.05, 0) is 97.4 Å². The molecule has 0 spiro atoms. The molecule has 0 bridgehead atoms. The topological polar surface area (TPSA) is 41.9 Å². The van der Waals surface area contributed by atoms with E-state index in [1.54, 1.807) is 6.20 Å². The lowest BCUT2D eigenvalue weighted by atomic mass is 9.80. The van der Waals surface area contributed by atoms with Crippen molar-refractivity contribution in [3.05, 3.63) is 104 Å². The highest BCUT2D eigenvalue weighted by molar-refractivity contribution is 5.94. The molecule has 0 amide bonds. The number of nitrogens with zero attached hydrogens (tertiary/aromatic N) is 2. The molecule has 0 fully saturated rings. The number of aryl methyl sites for hydroxylation is 2. The van der Waals surface area contributed by atoms with Crippen LogP contribution >= 0.6 is 0 Å². The Labute approximate surface area is 247 Å². The van der Waals surface area contributed by atoms with Gasteiger partial charge < -0.3 is 9.99 Å². The summed E-state index contributed by atoms with van der Waals surface area (Å²) in [6, 6.07) is 20.5. The quantitative estimate of drug-likeness (QED) is 0.0785. The molecular weight excluding hydrogens is 500 g/mol. The summed E-state index contributed by atoms with van der Waals surface area (Å²) in [4.78, 5) is 4.49. The molecule has 0 unspecified atom stereocenters. The van der Waals surface area contributed by atoms with Crippen LogP contribution in [0.15, 0.2) is 92.4 Å². The molecule has 216 valence electrons. The minimum atomic E-state index is 0.159. The van der Waals surface area contributed by atoms with E-state index in [-0.39, 0.29) is 5.41 Å². The molecule has 0 aliphatic carbocycles. The largest absolute Gasteiger partial charge is 0.340 e. The fourth-order valence-corrected chi connectivity index (χ4v) is 5.95. The zero-order valence-electron chi connectivity index (χ0n) is 25.4. The fourth-order valence-electron chi connectivity index (χ4n) is 5.95. The number of hydrazine groups is 1. The average molecular weight is 549 g/mol. The van der Waals surface area contributed by atoms with Crippen molar-refractivity contribution in [2.45, 2.75) is 78.7 Å². The lowest BCUT2D eigenvalue weighted by Crippen LogP contribution is -2.27. The van der Waals surface area contributed by atoms with E-state index in [4.69, 9.17) is 0 Å². The van der Waals surface area contributed by atoms with Gasteiger partial charge >= 0.3 is 0 Å². The van der Waals surface area contributed by atoms with Gasteiger partial charge in [-0.1, -0.05) is 69.7 Å². The number of allylic oxidation sites excluding steroid dienone is 1. The SMILES string of the molecule is C=CCCC(C)(C)Cc1c(-c2cccnc2)n(CC)c2ccc(-c3cccc(CCCCCCNNC=C)c3)cc12. The number of pyridine rings is 1. The van der Waals surface area contributed by atoms with Gasteiger partial charge in [-0.15, -0.1) is 6.58 Å². The summed E-state index contributed by atoms with van der Waals surface area (Å²) in [5, 5.41) is 1.36. The van der Waals surface area contributed by atoms with Crippen molar-refractivity contribution >= 4 is 10.9 Å². The van der Waals surface area contributed by atoms with Gasteiger partial charge in [-0.2, -0.15) is 0 Å². The molecule has 2 N–H and O–H groups in total. The smallest absolute Gasteiger partial charge is 0.0539 e. The normalized spacial score (nSPS) is 11.6. The highest BCUT2D eigenvalue weighted by Crippen LogP contribution is 2.40. The van der Waals surface area contributed by atoms with E-state index in [1.807, 2.05) is 24.5 Å². The maximum absolute atomic E-state index is 4.49. The summed E-state index contributed by atoms with van der Waals surface area (Å²) in [5.41, 5.74) is 15.5. The lowest BCUT2D eigenvalue weighted by molar-refractivity contribution is 0.337. The number of unbranched alkanes of at least 4 members (excludes halogenated alkanes) is 3. The summed E-state index contributed by atoms with van der Waals surface area (Å²) >= 11 is 0. The Morgan fingerprint density at radius 1 is 0.927 bits per heavy atom. The van der Waals surface area contributed by atoms with Gasteiger partial charge in [0.2, 0.25) is 0 Å². The zero-order chi connectivity index (χ0) is 29.1. The second-order valence-corrected chi connectivity index (χ2v) is 11.9. The van der Waals surface area contributed by atoms with Crippen LogP contribution in [0.2, 0.25) is 0 Å². The Balaban J connectivity index is 1.63. The summed E-state index contributed by atoms with van der Waals surface area (Å²) in [7, 11) is 0. The van der Waals surface area contributed by atoms with Crippen LogP contribution in [0.4, 0.5) is 0 Å². The third kappa shape index (κ3) is 7.98. The number of nitrogens with one attached hydrogen (secondary N) is 2. The average Bonchev–Trinajstić information content (AvgIpc) is 3.29. The minimum Gasteiger partial charge on any atom is -0.340 e. The van der Waals surface area contributed by atoms with Gasteiger partial charge in [-0.3, -0.25) is 4.98 Å². The van der Waals surface area contributed by atoms with Gasteiger partial charge in [-0.25, -0.2) is 5.43 Å². The third-order valence-electron chi connectivity index (χ3n) is 8.08. The molecular formula is C37H48N4. The van der Waals surface area contributed by atoms with Crippen LogP contribution in [0.3, 0.4) is 0 Å². The van der Waals surface area contributed by atoms with Crippen LogP contribution in [0, 0.1) is 5.41 Å². The molecule has 0 aliphatic rings. The number of hydrogen-bond donors (Lipinski definition) is 2. The highest BCUT2D eigenvalue weighted by atomic mass is 15.3. The van der Waals surface area contributed by atoms with Crippen molar-refractivity contribution in [3.8, 4) is 22.4 Å². The first-order chi connectivity index (χ1) is 20.0. The van der Waals surface area contributed by atoms with Crippen LogP contribution in [0.5, 0.6) is 0 Å². The van der Waals surface area contributed by atoms with Crippen molar-refractivity contribution in [1.82, 2.24) is 20.4 Å². The predicted octanol–water partition coefficient (Wildman–Crippen LogP) is 9.27. The van der Waals surface area contributed by atoms with E-state index >= 15 is 0 Å². The molecule has 2 aromatic carbocycles. The third-order valence-corrected chi connectivity index (χ3v) is 8.08. The maximum atomic E-state index is 4.49. The van der Waals surface area contributed by atoms with Gasteiger partial charge in [0.25, 0.3) is 0 Å². The van der Waals surface area contributed by atoms with E-state index in [1.165, 1.54) is 70.1 Å². The first kappa shape index (κ1) is 30.3. The van der Waals surface area contributed by atoms with Crippen LogP contribution in [0.1, 0.15) is 70.4 Å². The van der Waals surface area contributed by atoms with Crippen molar-refractivity contribution in [2.24, 2.45) is 5.41 Å². The molecule has 0 saturated carbocycles. The van der Waals surface area contributed by atoms with Gasteiger partial charge in [0.05, 0.1) is 5.69 Å². The van der Waals surface area contributed by atoms with E-state index in [0.29, 0.717) is 0 Å². The minimum absolute atomic E-state index is 0.159. The number of fused-ring (bicyclic) bond motifs is 1. The first-order valence-electron chi connectivity index (χ1n) is 15.3.